The Kier molecular flexibility index (Phi) is 4.58. The summed E-state index contributed by atoms with van der Waals surface area (Å²) in [5.74, 6) is 0.0852. The number of hydrogen-bond acceptors (Lipinski definition) is 2. The Morgan fingerprint density at radius 1 is 1.21 bits per heavy atom. The van der Waals surface area contributed by atoms with Crippen LogP contribution < -0.4 is 0 Å². The monoisotopic (exact) mass is 266 g/mol. The summed E-state index contributed by atoms with van der Waals surface area (Å²) in [5, 5.41) is 19.6. The van der Waals surface area contributed by atoms with Crippen molar-refractivity contribution in [2.45, 2.75) is 39.0 Å². The van der Waals surface area contributed by atoms with Crippen LogP contribution in [0.25, 0.3) is 0 Å². The van der Waals surface area contributed by atoms with Crippen LogP contribution in [0, 0.1) is 24.1 Å². The quantitative estimate of drug-likeness (QED) is 0.860. The van der Waals surface area contributed by atoms with Crippen molar-refractivity contribution in [3.05, 3.63) is 35.1 Å². The van der Waals surface area contributed by atoms with Crippen molar-refractivity contribution in [1.29, 1.82) is 0 Å². The Morgan fingerprint density at radius 3 is 2.42 bits per heavy atom. The van der Waals surface area contributed by atoms with E-state index >= 15 is 0 Å². The average molecular weight is 266 g/mol. The predicted octanol–water partition coefficient (Wildman–Crippen LogP) is 2.84. The van der Waals surface area contributed by atoms with Crippen molar-refractivity contribution in [3.8, 4) is 0 Å². The third-order valence-electron chi connectivity index (χ3n) is 4.70. The predicted molar refractivity (Wildman–Crippen MR) is 73.4 cm³/mol. The molecule has 2 rings (SSSR count). The molecule has 0 aromatic heterocycles. The standard InChI is InChI=1S/C16H23FO2/c1-12-6-7-15(17)8-13(12)9-16(10-18,11-19)14-4-2-3-5-14/h6-8,14,18-19H,2-5,9-11H2,1H3. The number of rotatable bonds is 5. The number of aryl methyl sites for hydroxylation is 1. The smallest absolute Gasteiger partial charge is 0.123 e. The molecule has 0 saturated heterocycles. The minimum absolute atomic E-state index is 0.0376. The lowest BCUT2D eigenvalue weighted by atomic mass is 9.71. The number of hydrogen-bond donors (Lipinski definition) is 2. The zero-order valence-corrected chi connectivity index (χ0v) is 11.5. The molecule has 1 aliphatic rings. The van der Waals surface area contributed by atoms with Crippen LogP contribution >= 0.6 is 0 Å². The van der Waals surface area contributed by atoms with E-state index in [4.69, 9.17) is 0 Å². The molecule has 1 aliphatic carbocycles. The maximum atomic E-state index is 13.4. The van der Waals surface area contributed by atoms with Crippen LogP contribution in [0.1, 0.15) is 36.8 Å². The molecular weight excluding hydrogens is 243 g/mol. The van der Waals surface area contributed by atoms with Gasteiger partial charge in [-0.15, -0.1) is 0 Å². The molecule has 0 spiro atoms. The van der Waals surface area contributed by atoms with Crippen molar-refractivity contribution < 1.29 is 14.6 Å². The molecule has 2 N–H and O–H groups in total. The number of benzene rings is 1. The van der Waals surface area contributed by atoms with Crippen molar-refractivity contribution in [3.63, 3.8) is 0 Å². The summed E-state index contributed by atoms with van der Waals surface area (Å²) in [7, 11) is 0. The molecule has 0 unspecified atom stereocenters. The van der Waals surface area contributed by atoms with Crippen molar-refractivity contribution >= 4 is 0 Å². The van der Waals surface area contributed by atoms with Crippen LogP contribution in [0.15, 0.2) is 18.2 Å². The molecular formula is C16H23FO2. The fourth-order valence-electron chi connectivity index (χ4n) is 3.31. The topological polar surface area (TPSA) is 40.5 Å². The average Bonchev–Trinajstić information content (AvgIpc) is 2.94. The van der Waals surface area contributed by atoms with Gasteiger partial charge in [-0.3, -0.25) is 0 Å². The minimum atomic E-state index is -0.505. The van der Waals surface area contributed by atoms with Crippen LogP contribution in [0.3, 0.4) is 0 Å². The van der Waals surface area contributed by atoms with Gasteiger partial charge in [-0.25, -0.2) is 4.39 Å². The molecule has 0 radical (unpaired) electrons. The highest BCUT2D eigenvalue weighted by atomic mass is 19.1. The Bertz CT molecular complexity index is 421. The van der Waals surface area contributed by atoms with Gasteiger partial charge in [0.1, 0.15) is 5.82 Å². The van der Waals surface area contributed by atoms with Crippen molar-refractivity contribution in [1.82, 2.24) is 0 Å². The summed E-state index contributed by atoms with van der Waals surface area (Å²) in [4.78, 5) is 0. The van der Waals surface area contributed by atoms with Crippen LogP contribution in [-0.4, -0.2) is 23.4 Å². The zero-order valence-electron chi connectivity index (χ0n) is 11.5. The van der Waals surface area contributed by atoms with E-state index in [-0.39, 0.29) is 19.0 Å². The van der Waals surface area contributed by atoms with E-state index in [1.807, 2.05) is 6.92 Å². The van der Waals surface area contributed by atoms with Gasteiger partial charge in [-0.2, -0.15) is 0 Å². The molecule has 0 bridgehead atoms. The Labute approximate surface area is 114 Å². The lowest BCUT2D eigenvalue weighted by Gasteiger charge is -2.36. The largest absolute Gasteiger partial charge is 0.396 e. The second-order valence-electron chi connectivity index (χ2n) is 5.91. The molecule has 2 nitrogen and oxygen atoms in total. The normalized spacial score (nSPS) is 17.1. The lowest BCUT2D eigenvalue weighted by molar-refractivity contribution is 0.00555. The summed E-state index contributed by atoms with van der Waals surface area (Å²) in [5.41, 5.74) is 1.41. The van der Waals surface area contributed by atoms with E-state index in [1.54, 1.807) is 6.07 Å². The molecule has 0 heterocycles. The first-order chi connectivity index (χ1) is 9.11. The first-order valence-corrected chi connectivity index (χ1v) is 7.08. The maximum Gasteiger partial charge on any atom is 0.123 e. The summed E-state index contributed by atoms with van der Waals surface area (Å²) in [6, 6.07) is 4.75. The van der Waals surface area contributed by atoms with Gasteiger partial charge < -0.3 is 10.2 Å². The van der Waals surface area contributed by atoms with E-state index in [9.17, 15) is 14.6 Å². The van der Waals surface area contributed by atoms with Crippen LogP contribution in [-0.2, 0) is 6.42 Å². The molecule has 0 atom stereocenters. The van der Waals surface area contributed by atoms with Gasteiger partial charge in [-0.05, 0) is 55.4 Å². The van der Waals surface area contributed by atoms with Gasteiger partial charge in [-0.1, -0.05) is 18.9 Å². The first kappa shape index (κ1) is 14.5. The van der Waals surface area contributed by atoms with Gasteiger partial charge >= 0.3 is 0 Å². The van der Waals surface area contributed by atoms with Crippen LogP contribution in [0.2, 0.25) is 0 Å². The van der Waals surface area contributed by atoms with Gasteiger partial charge in [0, 0.05) is 5.41 Å². The molecule has 1 fully saturated rings. The second-order valence-corrected chi connectivity index (χ2v) is 5.91. The second kappa shape index (κ2) is 6.02. The molecule has 1 saturated carbocycles. The summed E-state index contributed by atoms with van der Waals surface area (Å²) in [6.07, 6.45) is 4.97. The van der Waals surface area contributed by atoms with E-state index < -0.39 is 5.41 Å². The Balaban J connectivity index is 2.27. The fraction of sp³-hybridized carbons (Fsp3) is 0.625. The Morgan fingerprint density at radius 2 is 1.84 bits per heavy atom. The van der Waals surface area contributed by atoms with Gasteiger partial charge in [0.15, 0.2) is 0 Å². The van der Waals surface area contributed by atoms with Crippen molar-refractivity contribution in [2.24, 2.45) is 11.3 Å². The summed E-state index contributed by atoms with van der Waals surface area (Å²) >= 11 is 0. The van der Waals surface area contributed by atoms with Crippen LogP contribution in [0.4, 0.5) is 4.39 Å². The third-order valence-corrected chi connectivity index (χ3v) is 4.70. The van der Waals surface area contributed by atoms with E-state index in [0.29, 0.717) is 12.3 Å². The van der Waals surface area contributed by atoms with Gasteiger partial charge in [0.2, 0.25) is 0 Å². The van der Waals surface area contributed by atoms with E-state index in [2.05, 4.69) is 0 Å². The highest BCUT2D eigenvalue weighted by molar-refractivity contribution is 5.28. The number of aliphatic hydroxyl groups is 2. The summed E-state index contributed by atoms with van der Waals surface area (Å²) < 4.78 is 13.4. The lowest BCUT2D eigenvalue weighted by Crippen LogP contribution is -2.39. The van der Waals surface area contributed by atoms with Gasteiger partial charge in [0.05, 0.1) is 13.2 Å². The van der Waals surface area contributed by atoms with Gasteiger partial charge in [0.25, 0.3) is 0 Å². The van der Waals surface area contributed by atoms with Crippen molar-refractivity contribution in [2.75, 3.05) is 13.2 Å². The molecule has 106 valence electrons. The Hall–Kier alpha value is -0.930. The molecule has 1 aromatic rings. The van der Waals surface area contributed by atoms with E-state index in [1.165, 1.54) is 12.1 Å². The third kappa shape index (κ3) is 2.98. The minimum Gasteiger partial charge on any atom is -0.396 e. The highest BCUT2D eigenvalue weighted by Gasteiger charge is 2.39. The zero-order chi connectivity index (χ0) is 13.9. The fourth-order valence-corrected chi connectivity index (χ4v) is 3.31. The number of aliphatic hydroxyl groups excluding tert-OH is 2. The molecule has 0 amide bonds. The van der Waals surface area contributed by atoms with E-state index in [0.717, 1.165) is 36.8 Å². The number of halogens is 1. The van der Waals surface area contributed by atoms with Crippen LogP contribution in [0.5, 0.6) is 0 Å². The summed E-state index contributed by atoms with van der Waals surface area (Å²) in [6.45, 7) is 1.87. The molecule has 3 heteroatoms. The maximum absolute atomic E-state index is 13.4. The molecule has 19 heavy (non-hydrogen) atoms. The first-order valence-electron chi connectivity index (χ1n) is 7.08. The highest BCUT2D eigenvalue weighted by Crippen LogP contribution is 2.42. The molecule has 0 aliphatic heterocycles. The molecule has 1 aromatic carbocycles. The SMILES string of the molecule is Cc1ccc(F)cc1CC(CO)(CO)C1CCCC1.